The van der Waals surface area contributed by atoms with Crippen molar-refractivity contribution in [1.29, 1.82) is 0 Å². The van der Waals surface area contributed by atoms with E-state index in [1.807, 2.05) is 0 Å². The van der Waals surface area contributed by atoms with Crippen LogP contribution in [0.25, 0.3) is 0 Å². The number of nitrogens with zero attached hydrogens (tertiary/aromatic N) is 1. The number of benzene rings is 1. The van der Waals surface area contributed by atoms with E-state index in [1.54, 1.807) is 11.9 Å². The Bertz CT molecular complexity index is 388. The van der Waals surface area contributed by atoms with E-state index >= 15 is 0 Å². The molecule has 3 nitrogen and oxygen atoms in total. The molecule has 1 aliphatic rings. The molecule has 0 unspecified atom stereocenters. The van der Waals surface area contributed by atoms with Crippen molar-refractivity contribution in [3.8, 4) is 0 Å². The van der Waals surface area contributed by atoms with Gasteiger partial charge in [0.15, 0.2) is 0 Å². The standard InChI is InChI=1S/C12H15NO2S/c1-9-4-3-5-11(6-9)16-13-7-10(8-13)12(14)15-2/h3-6,10H,7-8H2,1-2H3. The predicted octanol–water partition coefficient (Wildman–Crippen LogP) is 2.11. The van der Waals surface area contributed by atoms with Gasteiger partial charge in [0.2, 0.25) is 0 Å². The second kappa shape index (κ2) is 4.89. The maximum atomic E-state index is 11.2. The summed E-state index contributed by atoms with van der Waals surface area (Å²) in [7, 11) is 1.44. The first-order chi connectivity index (χ1) is 7.69. The zero-order valence-electron chi connectivity index (χ0n) is 9.47. The second-order valence-electron chi connectivity index (χ2n) is 3.97. The summed E-state index contributed by atoms with van der Waals surface area (Å²) in [5.41, 5.74) is 1.26. The second-order valence-corrected chi connectivity index (χ2v) is 5.15. The average molecular weight is 237 g/mol. The first-order valence-electron chi connectivity index (χ1n) is 5.26. The Balaban J connectivity index is 1.84. The lowest BCUT2D eigenvalue weighted by Gasteiger charge is -2.35. The van der Waals surface area contributed by atoms with E-state index in [0.717, 1.165) is 13.1 Å². The van der Waals surface area contributed by atoms with Crippen molar-refractivity contribution in [2.45, 2.75) is 11.8 Å². The van der Waals surface area contributed by atoms with Crippen molar-refractivity contribution in [3.63, 3.8) is 0 Å². The number of rotatable bonds is 3. The molecule has 0 aromatic heterocycles. The molecule has 0 bridgehead atoms. The van der Waals surface area contributed by atoms with Gasteiger partial charge in [-0.3, -0.25) is 4.79 Å². The minimum absolute atomic E-state index is 0.0577. The SMILES string of the molecule is COC(=O)C1CN(Sc2cccc(C)c2)C1. The molecule has 1 aromatic carbocycles. The van der Waals surface area contributed by atoms with E-state index in [0.29, 0.717) is 0 Å². The number of hydrogen-bond acceptors (Lipinski definition) is 4. The van der Waals surface area contributed by atoms with Crippen molar-refractivity contribution in [3.05, 3.63) is 29.8 Å². The van der Waals surface area contributed by atoms with Gasteiger partial charge in [0.1, 0.15) is 0 Å². The predicted molar refractivity (Wildman–Crippen MR) is 64.1 cm³/mol. The van der Waals surface area contributed by atoms with Crippen molar-refractivity contribution >= 4 is 17.9 Å². The number of carbonyl (C=O) groups excluding carboxylic acids is 1. The van der Waals surface area contributed by atoms with E-state index < -0.39 is 0 Å². The molecule has 0 saturated carbocycles. The molecule has 0 aliphatic carbocycles. The molecule has 1 saturated heterocycles. The largest absolute Gasteiger partial charge is 0.469 e. The third-order valence-electron chi connectivity index (χ3n) is 2.61. The van der Waals surface area contributed by atoms with Gasteiger partial charge in [-0.05, 0) is 36.6 Å². The van der Waals surface area contributed by atoms with Gasteiger partial charge in [-0.1, -0.05) is 12.1 Å². The number of ether oxygens (including phenoxy) is 1. The first-order valence-corrected chi connectivity index (χ1v) is 6.04. The Labute approximate surface area is 99.9 Å². The van der Waals surface area contributed by atoms with Crippen LogP contribution in [0.3, 0.4) is 0 Å². The Hall–Kier alpha value is -1.00. The van der Waals surface area contributed by atoms with Crippen molar-refractivity contribution in [2.75, 3.05) is 20.2 Å². The number of methoxy groups -OCH3 is 1. The monoisotopic (exact) mass is 237 g/mol. The van der Waals surface area contributed by atoms with Crippen LogP contribution in [0.2, 0.25) is 0 Å². The molecule has 0 amide bonds. The van der Waals surface area contributed by atoms with Gasteiger partial charge in [-0.15, -0.1) is 0 Å². The van der Waals surface area contributed by atoms with Gasteiger partial charge in [-0.25, -0.2) is 4.31 Å². The molecule has 0 spiro atoms. The lowest BCUT2D eigenvalue weighted by Crippen LogP contribution is -2.46. The van der Waals surface area contributed by atoms with Crippen LogP contribution in [0, 0.1) is 12.8 Å². The molecule has 4 heteroatoms. The number of esters is 1. The Morgan fingerprint density at radius 3 is 2.88 bits per heavy atom. The van der Waals surface area contributed by atoms with Gasteiger partial charge in [0.25, 0.3) is 0 Å². The first kappa shape index (κ1) is 11.5. The van der Waals surface area contributed by atoms with Crippen LogP contribution in [0.15, 0.2) is 29.2 Å². The van der Waals surface area contributed by atoms with Gasteiger partial charge < -0.3 is 4.74 Å². The lowest BCUT2D eigenvalue weighted by molar-refractivity contribution is -0.148. The third kappa shape index (κ3) is 2.57. The van der Waals surface area contributed by atoms with Gasteiger partial charge >= 0.3 is 5.97 Å². The minimum Gasteiger partial charge on any atom is -0.469 e. The summed E-state index contributed by atoms with van der Waals surface area (Å²) in [6.45, 7) is 3.65. The summed E-state index contributed by atoms with van der Waals surface area (Å²) in [5.74, 6) is -0.0385. The van der Waals surface area contributed by atoms with Crippen LogP contribution < -0.4 is 0 Å². The highest BCUT2D eigenvalue weighted by Gasteiger charge is 2.33. The summed E-state index contributed by atoms with van der Waals surface area (Å²) in [6.07, 6.45) is 0. The van der Waals surface area contributed by atoms with Crippen LogP contribution >= 0.6 is 11.9 Å². The Kier molecular flexibility index (Phi) is 3.51. The molecule has 1 fully saturated rings. The summed E-state index contributed by atoms with van der Waals surface area (Å²) < 4.78 is 6.87. The summed E-state index contributed by atoms with van der Waals surface area (Å²) in [4.78, 5) is 12.4. The number of aryl methyl sites for hydroxylation is 1. The zero-order chi connectivity index (χ0) is 11.5. The normalized spacial score (nSPS) is 16.9. The summed E-state index contributed by atoms with van der Waals surface area (Å²) >= 11 is 1.70. The fourth-order valence-corrected chi connectivity index (χ4v) is 2.83. The number of hydrogen-bond donors (Lipinski definition) is 0. The highest BCUT2D eigenvalue weighted by molar-refractivity contribution is 7.97. The van der Waals surface area contributed by atoms with Crippen LogP contribution in [-0.2, 0) is 9.53 Å². The van der Waals surface area contributed by atoms with Gasteiger partial charge in [0, 0.05) is 18.0 Å². The molecule has 0 N–H and O–H groups in total. The molecule has 86 valence electrons. The molecule has 2 rings (SSSR count). The fourth-order valence-electron chi connectivity index (χ4n) is 1.65. The van der Waals surface area contributed by atoms with E-state index in [2.05, 4.69) is 35.5 Å². The molecule has 0 radical (unpaired) electrons. The highest BCUT2D eigenvalue weighted by Crippen LogP contribution is 2.31. The van der Waals surface area contributed by atoms with Crippen molar-refractivity contribution in [2.24, 2.45) is 5.92 Å². The zero-order valence-corrected chi connectivity index (χ0v) is 10.3. The van der Waals surface area contributed by atoms with Gasteiger partial charge in [-0.2, -0.15) is 0 Å². The van der Waals surface area contributed by atoms with E-state index in [9.17, 15) is 4.79 Å². The lowest BCUT2D eigenvalue weighted by atomic mass is 10.0. The fraction of sp³-hybridized carbons (Fsp3) is 0.417. The Morgan fingerprint density at radius 1 is 1.50 bits per heavy atom. The Morgan fingerprint density at radius 2 is 2.25 bits per heavy atom. The molecular formula is C12H15NO2S. The number of carbonyl (C=O) groups is 1. The maximum absolute atomic E-state index is 11.2. The quantitative estimate of drug-likeness (QED) is 0.595. The molecule has 1 aliphatic heterocycles. The molecule has 1 aromatic rings. The van der Waals surface area contributed by atoms with Crippen molar-refractivity contribution in [1.82, 2.24) is 4.31 Å². The van der Waals surface area contributed by atoms with Crippen LogP contribution in [0.1, 0.15) is 5.56 Å². The van der Waals surface area contributed by atoms with Crippen LogP contribution in [0.5, 0.6) is 0 Å². The smallest absolute Gasteiger partial charge is 0.311 e. The topological polar surface area (TPSA) is 29.5 Å². The molecule has 1 heterocycles. The summed E-state index contributed by atoms with van der Waals surface area (Å²) in [5, 5.41) is 0. The minimum atomic E-state index is -0.0962. The maximum Gasteiger partial charge on any atom is 0.311 e. The molecule has 16 heavy (non-hydrogen) atoms. The molecular weight excluding hydrogens is 222 g/mol. The summed E-state index contributed by atoms with van der Waals surface area (Å²) in [6, 6.07) is 8.37. The average Bonchev–Trinajstić information content (AvgIpc) is 2.22. The third-order valence-corrected chi connectivity index (χ3v) is 3.63. The van der Waals surface area contributed by atoms with Gasteiger partial charge in [0.05, 0.1) is 13.0 Å². The van der Waals surface area contributed by atoms with Crippen LogP contribution in [-0.4, -0.2) is 30.5 Å². The van der Waals surface area contributed by atoms with E-state index in [1.165, 1.54) is 17.6 Å². The van der Waals surface area contributed by atoms with E-state index in [-0.39, 0.29) is 11.9 Å². The van der Waals surface area contributed by atoms with Crippen molar-refractivity contribution < 1.29 is 9.53 Å². The highest BCUT2D eigenvalue weighted by atomic mass is 32.2. The van der Waals surface area contributed by atoms with E-state index in [4.69, 9.17) is 4.74 Å². The van der Waals surface area contributed by atoms with Crippen LogP contribution in [0.4, 0.5) is 0 Å². The molecule has 0 atom stereocenters.